The highest BCUT2D eigenvalue weighted by Gasteiger charge is 2.12. The smallest absolute Gasteiger partial charge is 0.137 e. The van der Waals surface area contributed by atoms with Crippen LogP contribution in [0.4, 0.5) is 4.39 Å². The number of nitrogens with one attached hydrogen (secondary N) is 1. The highest BCUT2D eigenvalue weighted by molar-refractivity contribution is 9.10. The zero-order valence-electron chi connectivity index (χ0n) is 11.6. The first-order chi connectivity index (χ1) is 10.1. The molecule has 0 aliphatic carbocycles. The zero-order chi connectivity index (χ0) is 15.2. The number of hydrogen-bond acceptors (Lipinski definition) is 2. The van der Waals surface area contributed by atoms with Gasteiger partial charge in [0.15, 0.2) is 0 Å². The van der Waals surface area contributed by atoms with Gasteiger partial charge in [0.25, 0.3) is 0 Å². The Kier molecular flexibility index (Phi) is 6.74. The monoisotopic (exact) mass is 431 g/mol. The molecule has 1 unspecified atom stereocenters. The quantitative estimate of drug-likeness (QED) is 0.623. The second kappa shape index (κ2) is 8.32. The predicted molar refractivity (Wildman–Crippen MR) is 95.5 cm³/mol. The second-order valence-electron chi connectivity index (χ2n) is 4.67. The first-order valence-electron chi connectivity index (χ1n) is 6.58. The van der Waals surface area contributed by atoms with Gasteiger partial charge in [-0.15, -0.1) is 11.8 Å². The average molecular weight is 433 g/mol. The molecule has 1 atom stereocenters. The summed E-state index contributed by atoms with van der Waals surface area (Å²) >= 11 is 8.60. The van der Waals surface area contributed by atoms with Crippen molar-refractivity contribution in [3.05, 3.63) is 62.8 Å². The van der Waals surface area contributed by atoms with E-state index in [2.05, 4.69) is 49.3 Å². The summed E-state index contributed by atoms with van der Waals surface area (Å²) in [6.07, 6.45) is 0.788. The second-order valence-corrected chi connectivity index (χ2v) is 7.47. The molecule has 0 heterocycles. The first-order valence-corrected chi connectivity index (χ1v) is 9.16. The van der Waals surface area contributed by atoms with Gasteiger partial charge >= 0.3 is 0 Å². The minimum Gasteiger partial charge on any atom is -0.316 e. The van der Waals surface area contributed by atoms with E-state index in [0.717, 1.165) is 22.2 Å². The van der Waals surface area contributed by atoms with E-state index in [-0.39, 0.29) is 11.9 Å². The van der Waals surface area contributed by atoms with Crippen molar-refractivity contribution >= 4 is 43.6 Å². The fourth-order valence-electron chi connectivity index (χ4n) is 1.97. The van der Waals surface area contributed by atoms with E-state index < -0.39 is 0 Å². The molecule has 1 nitrogen and oxygen atoms in total. The molecule has 1 N–H and O–H groups in total. The zero-order valence-corrected chi connectivity index (χ0v) is 15.6. The number of halogens is 3. The van der Waals surface area contributed by atoms with Crippen LogP contribution in [-0.2, 0) is 6.42 Å². The number of thioether (sulfide) groups is 1. The largest absolute Gasteiger partial charge is 0.316 e. The molecule has 0 fully saturated rings. The van der Waals surface area contributed by atoms with Crippen LogP contribution in [0.15, 0.2) is 56.3 Å². The Hall–Kier alpha value is -0.360. The summed E-state index contributed by atoms with van der Waals surface area (Å²) < 4.78 is 15.2. The van der Waals surface area contributed by atoms with E-state index in [4.69, 9.17) is 0 Å². The van der Waals surface area contributed by atoms with Crippen molar-refractivity contribution in [2.75, 3.05) is 12.8 Å². The maximum Gasteiger partial charge on any atom is 0.137 e. The van der Waals surface area contributed by atoms with Crippen molar-refractivity contribution in [3.8, 4) is 0 Å². The van der Waals surface area contributed by atoms with Crippen LogP contribution in [0.1, 0.15) is 5.56 Å². The van der Waals surface area contributed by atoms with E-state index in [1.807, 2.05) is 25.2 Å². The molecule has 0 aliphatic heterocycles. The Morgan fingerprint density at radius 1 is 1.19 bits per heavy atom. The van der Waals surface area contributed by atoms with Gasteiger partial charge in [-0.1, -0.05) is 34.1 Å². The molecule has 2 rings (SSSR count). The third kappa shape index (κ3) is 5.09. The van der Waals surface area contributed by atoms with E-state index >= 15 is 0 Å². The van der Waals surface area contributed by atoms with Crippen molar-refractivity contribution < 1.29 is 4.39 Å². The molecule has 2 aromatic carbocycles. The van der Waals surface area contributed by atoms with Gasteiger partial charge in [0.1, 0.15) is 5.82 Å². The molecule has 0 spiro atoms. The minimum atomic E-state index is -0.206. The van der Waals surface area contributed by atoms with Gasteiger partial charge in [0.05, 0.1) is 4.47 Å². The summed E-state index contributed by atoms with van der Waals surface area (Å²) in [5.41, 5.74) is 0.990. The lowest BCUT2D eigenvalue weighted by Crippen LogP contribution is -2.30. The van der Waals surface area contributed by atoms with E-state index in [1.54, 1.807) is 17.8 Å². The van der Waals surface area contributed by atoms with Gasteiger partial charge in [0.2, 0.25) is 0 Å². The van der Waals surface area contributed by atoms with Crippen LogP contribution in [0.5, 0.6) is 0 Å². The van der Waals surface area contributed by atoms with Gasteiger partial charge in [-0.05, 0) is 59.2 Å². The van der Waals surface area contributed by atoms with E-state index in [9.17, 15) is 4.39 Å². The van der Waals surface area contributed by atoms with E-state index in [0.29, 0.717) is 4.47 Å². The lowest BCUT2D eigenvalue weighted by molar-refractivity contribution is 0.597. The Bertz CT molecular complexity index is 607. The third-order valence-corrected chi connectivity index (χ3v) is 5.69. The molecular weight excluding hydrogens is 417 g/mol. The SMILES string of the molecule is CNC(CSc1cccc(Br)c1)Cc1cccc(F)c1Br. The molecule has 0 aromatic heterocycles. The van der Waals surface area contributed by atoms with Gasteiger partial charge in [-0.3, -0.25) is 0 Å². The van der Waals surface area contributed by atoms with Gasteiger partial charge in [-0.2, -0.15) is 0 Å². The first kappa shape index (κ1) is 17.0. The van der Waals surface area contributed by atoms with Gasteiger partial charge in [0, 0.05) is 21.2 Å². The summed E-state index contributed by atoms with van der Waals surface area (Å²) in [6.45, 7) is 0. The summed E-state index contributed by atoms with van der Waals surface area (Å²) in [6, 6.07) is 13.7. The van der Waals surface area contributed by atoms with Gasteiger partial charge in [-0.25, -0.2) is 4.39 Å². The molecule has 0 saturated heterocycles. The molecule has 21 heavy (non-hydrogen) atoms. The van der Waals surface area contributed by atoms with Crippen molar-refractivity contribution in [2.45, 2.75) is 17.4 Å². The minimum absolute atomic E-state index is 0.206. The molecule has 2 aromatic rings. The summed E-state index contributed by atoms with van der Waals surface area (Å²) in [7, 11) is 1.94. The standard InChI is InChI=1S/C16H16Br2FNS/c1-20-13(8-11-4-2-7-15(19)16(11)18)10-21-14-6-3-5-12(17)9-14/h2-7,9,13,20H,8,10H2,1H3. The highest BCUT2D eigenvalue weighted by Crippen LogP contribution is 2.25. The molecular formula is C16H16Br2FNS. The van der Waals surface area contributed by atoms with Gasteiger partial charge < -0.3 is 5.32 Å². The molecule has 0 amide bonds. The fourth-order valence-corrected chi connectivity index (χ4v) is 4.01. The topological polar surface area (TPSA) is 12.0 Å². The van der Waals surface area contributed by atoms with Crippen LogP contribution in [0, 0.1) is 5.82 Å². The highest BCUT2D eigenvalue weighted by atomic mass is 79.9. The molecule has 0 saturated carbocycles. The Morgan fingerprint density at radius 2 is 1.95 bits per heavy atom. The summed E-state index contributed by atoms with van der Waals surface area (Å²) in [5.74, 6) is 0.720. The molecule has 5 heteroatoms. The molecule has 0 bridgehead atoms. The van der Waals surface area contributed by atoms with Crippen molar-refractivity contribution in [2.24, 2.45) is 0 Å². The van der Waals surface area contributed by atoms with Crippen LogP contribution < -0.4 is 5.32 Å². The number of hydrogen-bond donors (Lipinski definition) is 1. The number of likely N-dealkylation sites (N-methyl/N-ethyl adjacent to an activating group) is 1. The Labute approximate surface area is 146 Å². The molecule has 112 valence electrons. The third-order valence-electron chi connectivity index (χ3n) is 3.15. The maximum atomic E-state index is 13.6. The summed E-state index contributed by atoms with van der Waals surface area (Å²) in [5, 5.41) is 3.31. The van der Waals surface area contributed by atoms with Crippen LogP contribution in [0.3, 0.4) is 0 Å². The van der Waals surface area contributed by atoms with Crippen LogP contribution in [0.2, 0.25) is 0 Å². The number of benzene rings is 2. The average Bonchev–Trinajstić information content (AvgIpc) is 2.48. The molecule has 0 aliphatic rings. The van der Waals surface area contributed by atoms with E-state index in [1.165, 1.54) is 11.0 Å². The Morgan fingerprint density at radius 3 is 2.67 bits per heavy atom. The maximum absolute atomic E-state index is 13.6. The van der Waals surface area contributed by atoms with Crippen molar-refractivity contribution in [3.63, 3.8) is 0 Å². The fraction of sp³-hybridized carbons (Fsp3) is 0.250. The predicted octanol–water partition coefficient (Wildman–Crippen LogP) is 5.27. The van der Waals surface area contributed by atoms with Crippen LogP contribution >= 0.6 is 43.6 Å². The van der Waals surface area contributed by atoms with Crippen molar-refractivity contribution in [1.82, 2.24) is 5.32 Å². The van der Waals surface area contributed by atoms with Crippen molar-refractivity contribution in [1.29, 1.82) is 0 Å². The van der Waals surface area contributed by atoms with Crippen LogP contribution in [0.25, 0.3) is 0 Å². The molecule has 0 radical (unpaired) electrons. The Balaban J connectivity index is 1.99. The lowest BCUT2D eigenvalue weighted by atomic mass is 10.1. The normalized spacial score (nSPS) is 12.4. The summed E-state index contributed by atoms with van der Waals surface area (Å²) in [4.78, 5) is 1.22. The number of rotatable bonds is 6. The lowest BCUT2D eigenvalue weighted by Gasteiger charge is -2.17. The van der Waals surface area contributed by atoms with Crippen LogP contribution in [-0.4, -0.2) is 18.8 Å².